The number of phenolic OH excluding ortho intramolecular Hbond substituents is 1. The number of nitrogens with one attached hydrogen (secondary N) is 1. The first-order valence-corrected chi connectivity index (χ1v) is 11.5. The van der Waals surface area contributed by atoms with Crippen molar-refractivity contribution < 1.29 is 15.0 Å². The second kappa shape index (κ2) is 8.91. The van der Waals surface area contributed by atoms with Crippen molar-refractivity contribution in [3.05, 3.63) is 70.4 Å². The Bertz CT molecular complexity index is 1200. The van der Waals surface area contributed by atoms with Crippen LogP contribution < -0.4 is 5.32 Å². The molecule has 31 heavy (non-hydrogen) atoms. The molecule has 4 aromatic rings. The standard InChI is InChI=1S/C24H22N2O3S2/c1-14(2)12-20-21(16-8-10-17(27)11-9-16)26-24(31-20)25-18-13-19(30-22(18)23(28)29)15-6-4-3-5-7-15/h3-11,13-14,27H,12H2,1-2H3,(H,25,26)(H,28,29). The highest BCUT2D eigenvalue weighted by Crippen LogP contribution is 2.39. The Morgan fingerprint density at radius 1 is 1.03 bits per heavy atom. The van der Waals surface area contributed by atoms with Gasteiger partial charge in [0, 0.05) is 15.3 Å². The molecular formula is C24H22N2O3S2. The highest BCUT2D eigenvalue weighted by molar-refractivity contribution is 7.18. The van der Waals surface area contributed by atoms with E-state index in [4.69, 9.17) is 4.98 Å². The van der Waals surface area contributed by atoms with E-state index < -0.39 is 5.97 Å². The number of thiophene rings is 1. The quantitative estimate of drug-likeness (QED) is 0.286. The minimum absolute atomic E-state index is 0.209. The Hall–Kier alpha value is -3.16. The van der Waals surface area contributed by atoms with Gasteiger partial charge in [-0.15, -0.1) is 22.7 Å². The molecule has 2 aromatic heterocycles. The fraction of sp³-hybridized carbons (Fsp3) is 0.167. The van der Waals surface area contributed by atoms with Crippen LogP contribution in [-0.2, 0) is 6.42 Å². The van der Waals surface area contributed by atoms with Crippen molar-refractivity contribution in [2.45, 2.75) is 20.3 Å². The van der Waals surface area contributed by atoms with Gasteiger partial charge in [0.05, 0.1) is 11.4 Å². The lowest BCUT2D eigenvalue weighted by molar-refractivity contribution is 0.0703. The molecule has 0 unspecified atom stereocenters. The fourth-order valence-corrected chi connectivity index (χ4v) is 5.43. The van der Waals surface area contributed by atoms with Gasteiger partial charge in [-0.05, 0) is 48.2 Å². The molecule has 0 saturated heterocycles. The van der Waals surface area contributed by atoms with Crippen molar-refractivity contribution in [3.63, 3.8) is 0 Å². The first-order valence-electron chi connectivity index (χ1n) is 9.89. The maximum atomic E-state index is 11.9. The summed E-state index contributed by atoms with van der Waals surface area (Å²) in [5.74, 6) is -0.308. The normalized spacial score (nSPS) is 11.1. The summed E-state index contributed by atoms with van der Waals surface area (Å²) < 4.78 is 0. The molecule has 5 nitrogen and oxygen atoms in total. The Morgan fingerprint density at radius 3 is 2.39 bits per heavy atom. The maximum absolute atomic E-state index is 11.9. The van der Waals surface area contributed by atoms with Gasteiger partial charge in [-0.1, -0.05) is 44.2 Å². The molecule has 158 valence electrons. The number of aromatic hydroxyl groups is 1. The van der Waals surface area contributed by atoms with Crippen LogP contribution in [0.1, 0.15) is 28.4 Å². The Balaban J connectivity index is 1.71. The molecule has 0 amide bonds. The van der Waals surface area contributed by atoms with Gasteiger partial charge in [-0.2, -0.15) is 0 Å². The van der Waals surface area contributed by atoms with Crippen molar-refractivity contribution in [1.29, 1.82) is 0 Å². The number of carbonyl (C=O) groups is 1. The topological polar surface area (TPSA) is 82.5 Å². The fourth-order valence-electron chi connectivity index (χ4n) is 3.26. The van der Waals surface area contributed by atoms with E-state index >= 15 is 0 Å². The SMILES string of the molecule is CC(C)Cc1sc(Nc2cc(-c3ccccc3)sc2C(=O)O)nc1-c1ccc(O)cc1. The van der Waals surface area contributed by atoms with E-state index in [1.54, 1.807) is 12.1 Å². The molecule has 0 atom stereocenters. The third-order valence-electron chi connectivity index (χ3n) is 4.66. The van der Waals surface area contributed by atoms with Crippen LogP contribution in [0.15, 0.2) is 60.7 Å². The number of aromatic carboxylic acids is 1. The maximum Gasteiger partial charge on any atom is 0.348 e. The summed E-state index contributed by atoms with van der Waals surface area (Å²) in [7, 11) is 0. The lowest BCUT2D eigenvalue weighted by Gasteiger charge is -2.05. The number of carboxylic acids is 1. The molecular weight excluding hydrogens is 428 g/mol. The first-order chi connectivity index (χ1) is 14.9. The van der Waals surface area contributed by atoms with Crippen LogP contribution in [0.25, 0.3) is 21.7 Å². The molecule has 0 aliphatic heterocycles. The molecule has 0 aliphatic rings. The molecule has 0 aliphatic carbocycles. The van der Waals surface area contributed by atoms with Crippen molar-refractivity contribution in [3.8, 4) is 27.4 Å². The first kappa shape index (κ1) is 21.1. The zero-order chi connectivity index (χ0) is 22.0. The molecule has 0 spiro atoms. The minimum Gasteiger partial charge on any atom is -0.508 e. The van der Waals surface area contributed by atoms with E-state index in [2.05, 4.69) is 19.2 Å². The van der Waals surface area contributed by atoms with Gasteiger partial charge >= 0.3 is 5.97 Å². The average Bonchev–Trinajstić information content (AvgIpc) is 3.33. The summed E-state index contributed by atoms with van der Waals surface area (Å²) in [5, 5.41) is 23.2. The van der Waals surface area contributed by atoms with E-state index in [9.17, 15) is 15.0 Å². The third-order valence-corrected chi connectivity index (χ3v) is 6.82. The van der Waals surface area contributed by atoms with Crippen LogP contribution in [0.4, 0.5) is 10.8 Å². The number of nitrogens with zero attached hydrogens (tertiary/aromatic N) is 1. The van der Waals surface area contributed by atoms with Crippen LogP contribution >= 0.6 is 22.7 Å². The van der Waals surface area contributed by atoms with Crippen molar-refractivity contribution in [2.75, 3.05) is 5.32 Å². The lowest BCUT2D eigenvalue weighted by atomic mass is 10.0. The highest BCUT2D eigenvalue weighted by Gasteiger charge is 2.20. The van der Waals surface area contributed by atoms with Gasteiger partial charge < -0.3 is 15.5 Å². The van der Waals surface area contributed by atoms with E-state index in [-0.39, 0.29) is 10.6 Å². The van der Waals surface area contributed by atoms with E-state index in [1.165, 1.54) is 22.7 Å². The second-order valence-electron chi connectivity index (χ2n) is 7.59. The van der Waals surface area contributed by atoms with Crippen molar-refractivity contribution in [2.24, 2.45) is 5.92 Å². The Kier molecular flexibility index (Phi) is 6.06. The zero-order valence-electron chi connectivity index (χ0n) is 17.1. The number of hydrogen-bond donors (Lipinski definition) is 3. The molecule has 3 N–H and O–H groups in total. The Labute approximate surface area is 188 Å². The number of benzene rings is 2. The smallest absolute Gasteiger partial charge is 0.348 e. The number of hydrogen-bond acceptors (Lipinski definition) is 6. The number of phenols is 1. The van der Waals surface area contributed by atoms with E-state index in [0.29, 0.717) is 16.7 Å². The Morgan fingerprint density at radius 2 is 1.74 bits per heavy atom. The molecule has 0 bridgehead atoms. The number of carboxylic acid groups (broad SMARTS) is 1. The molecule has 4 rings (SSSR count). The van der Waals surface area contributed by atoms with Crippen molar-refractivity contribution >= 4 is 39.5 Å². The second-order valence-corrected chi connectivity index (χ2v) is 9.72. The summed E-state index contributed by atoms with van der Waals surface area (Å²) in [4.78, 5) is 18.9. The van der Waals surface area contributed by atoms with Gasteiger partial charge in [0.1, 0.15) is 10.6 Å². The number of thiazole rings is 1. The third kappa shape index (κ3) is 4.78. The molecule has 2 aromatic carbocycles. The summed E-state index contributed by atoms with van der Waals surface area (Å²) >= 11 is 2.78. The van der Waals surface area contributed by atoms with Gasteiger partial charge in [-0.25, -0.2) is 9.78 Å². The molecule has 0 fully saturated rings. The largest absolute Gasteiger partial charge is 0.508 e. The summed E-state index contributed by atoms with van der Waals surface area (Å²) in [6, 6.07) is 18.6. The summed E-state index contributed by atoms with van der Waals surface area (Å²) in [5.41, 5.74) is 3.30. The predicted molar refractivity (Wildman–Crippen MR) is 128 cm³/mol. The molecule has 0 saturated carbocycles. The average molecular weight is 451 g/mol. The van der Waals surface area contributed by atoms with Gasteiger partial charge in [-0.3, -0.25) is 0 Å². The molecule has 7 heteroatoms. The van der Waals surface area contributed by atoms with Gasteiger partial charge in [0.15, 0.2) is 5.13 Å². The van der Waals surface area contributed by atoms with E-state index in [0.717, 1.165) is 33.0 Å². The van der Waals surface area contributed by atoms with E-state index in [1.807, 2.05) is 48.5 Å². The van der Waals surface area contributed by atoms with Crippen molar-refractivity contribution in [1.82, 2.24) is 4.98 Å². The number of anilines is 2. The molecule has 2 heterocycles. The van der Waals surface area contributed by atoms with Gasteiger partial charge in [0.25, 0.3) is 0 Å². The van der Waals surface area contributed by atoms with Crippen LogP contribution in [0.5, 0.6) is 5.75 Å². The predicted octanol–water partition coefficient (Wildman–Crippen LogP) is 6.88. The van der Waals surface area contributed by atoms with Crippen LogP contribution in [0, 0.1) is 5.92 Å². The van der Waals surface area contributed by atoms with Gasteiger partial charge in [0.2, 0.25) is 0 Å². The van der Waals surface area contributed by atoms with Crippen LogP contribution in [0.3, 0.4) is 0 Å². The highest BCUT2D eigenvalue weighted by atomic mass is 32.1. The monoisotopic (exact) mass is 450 g/mol. The molecule has 0 radical (unpaired) electrons. The van der Waals surface area contributed by atoms with Crippen LogP contribution in [0.2, 0.25) is 0 Å². The summed E-state index contributed by atoms with van der Waals surface area (Å²) in [6.07, 6.45) is 0.861. The zero-order valence-corrected chi connectivity index (χ0v) is 18.8. The van der Waals surface area contributed by atoms with Crippen LogP contribution in [-0.4, -0.2) is 21.2 Å². The lowest BCUT2D eigenvalue weighted by Crippen LogP contribution is -1.98. The summed E-state index contributed by atoms with van der Waals surface area (Å²) in [6.45, 7) is 4.31. The number of rotatable bonds is 7. The number of aromatic nitrogens is 1. The minimum atomic E-state index is -0.965.